The van der Waals surface area contributed by atoms with E-state index in [1.165, 1.54) is 56.1 Å². The lowest BCUT2D eigenvalue weighted by molar-refractivity contribution is 0.0889. The lowest BCUT2D eigenvalue weighted by Crippen LogP contribution is -2.18. The van der Waals surface area contributed by atoms with Crippen LogP contribution in [0.25, 0.3) is 0 Å². The Hall–Kier alpha value is -1.11. The first-order valence-electron chi connectivity index (χ1n) is 7.50. The SMILES string of the molecule is O=C(c1ccc2c(c1)CCCC2)C1CCCCC1. The number of fused-ring (bicyclic) bond motifs is 1. The topological polar surface area (TPSA) is 17.1 Å². The Morgan fingerprint density at radius 1 is 0.889 bits per heavy atom. The van der Waals surface area contributed by atoms with Gasteiger partial charge in [-0.2, -0.15) is 0 Å². The molecule has 0 N–H and O–H groups in total. The lowest BCUT2D eigenvalue weighted by atomic mass is 9.82. The highest BCUT2D eigenvalue weighted by molar-refractivity contribution is 5.98. The summed E-state index contributed by atoms with van der Waals surface area (Å²) in [5.41, 5.74) is 3.88. The van der Waals surface area contributed by atoms with Crippen molar-refractivity contribution in [2.75, 3.05) is 0 Å². The molecule has 0 amide bonds. The van der Waals surface area contributed by atoms with Gasteiger partial charge in [-0.1, -0.05) is 31.4 Å². The molecule has 0 saturated heterocycles. The van der Waals surface area contributed by atoms with E-state index in [4.69, 9.17) is 0 Å². The summed E-state index contributed by atoms with van der Waals surface area (Å²) in [7, 11) is 0. The molecule has 0 aliphatic heterocycles. The Bertz CT molecular complexity index is 441. The van der Waals surface area contributed by atoms with Crippen LogP contribution >= 0.6 is 0 Å². The third kappa shape index (κ3) is 2.36. The average molecular weight is 242 g/mol. The van der Waals surface area contributed by atoms with Gasteiger partial charge in [-0.05, 0) is 55.7 Å². The van der Waals surface area contributed by atoms with Crippen LogP contribution in [0.5, 0.6) is 0 Å². The first-order valence-corrected chi connectivity index (χ1v) is 7.50. The quantitative estimate of drug-likeness (QED) is 0.705. The van der Waals surface area contributed by atoms with Crippen LogP contribution in [0, 0.1) is 5.92 Å². The minimum Gasteiger partial charge on any atom is -0.294 e. The Labute approximate surface area is 110 Å². The fraction of sp³-hybridized carbons (Fsp3) is 0.588. The van der Waals surface area contributed by atoms with E-state index in [0.717, 1.165) is 18.4 Å². The van der Waals surface area contributed by atoms with Crippen molar-refractivity contribution >= 4 is 5.78 Å². The van der Waals surface area contributed by atoms with Crippen molar-refractivity contribution in [1.29, 1.82) is 0 Å². The van der Waals surface area contributed by atoms with Crippen LogP contribution < -0.4 is 0 Å². The molecule has 0 aromatic heterocycles. The molecule has 1 heteroatoms. The summed E-state index contributed by atoms with van der Waals surface area (Å²) in [5.74, 6) is 0.712. The molecule has 0 bridgehead atoms. The highest BCUT2D eigenvalue weighted by Gasteiger charge is 2.23. The van der Waals surface area contributed by atoms with Crippen LogP contribution in [0.3, 0.4) is 0 Å². The molecule has 2 aliphatic rings. The molecule has 96 valence electrons. The van der Waals surface area contributed by atoms with Gasteiger partial charge >= 0.3 is 0 Å². The van der Waals surface area contributed by atoms with Crippen LogP contribution in [-0.2, 0) is 12.8 Å². The average Bonchev–Trinajstić information content (AvgIpc) is 2.47. The maximum atomic E-state index is 12.5. The molecule has 2 aliphatic carbocycles. The van der Waals surface area contributed by atoms with Gasteiger partial charge in [0.2, 0.25) is 0 Å². The van der Waals surface area contributed by atoms with Gasteiger partial charge in [-0.25, -0.2) is 0 Å². The first-order chi connectivity index (χ1) is 8.84. The van der Waals surface area contributed by atoms with Gasteiger partial charge in [-0.15, -0.1) is 0 Å². The number of aryl methyl sites for hydroxylation is 2. The van der Waals surface area contributed by atoms with E-state index >= 15 is 0 Å². The zero-order chi connectivity index (χ0) is 12.4. The Kier molecular flexibility index (Phi) is 3.49. The number of carbonyl (C=O) groups is 1. The molecule has 0 heterocycles. The van der Waals surface area contributed by atoms with Crippen molar-refractivity contribution in [1.82, 2.24) is 0 Å². The number of hydrogen-bond donors (Lipinski definition) is 0. The van der Waals surface area contributed by atoms with Crippen molar-refractivity contribution in [3.05, 3.63) is 34.9 Å². The maximum Gasteiger partial charge on any atom is 0.165 e. The Morgan fingerprint density at radius 3 is 2.39 bits per heavy atom. The van der Waals surface area contributed by atoms with Crippen LogP contribution in [0.4, 0.5) is 0 Å². The standard InChI is InChI=1S/C17H22O/c18-17(14-7-2-1-3-8-14)16-11-10-13-6-4-5-9-15(13)12-16/h10-12,14H,1-9H2. The number of hydrogen-bond acceptors (Lipinski definition) is 1. The second-order valence-electron chi connectivity index (χ2n) is 5.89. The van der Waals surface area contributed by atoms with Gasteiger partial charge in [0.25, 0.3) is 0 Å². The van der Waals surface area contributed by atoms with E-state index in [1.54, 1.807) is 0 Å². The number of Topliss-reactive ketones (excluding diaryl/α,β-unsaturated/α-hetero) is 1. The van der Waals surface area contributed by atoms with Crippen molar-refractivity contribution in [2.45, 2.75) is 57.8 Å². The maximum absolute atomic E-state index is 12.5. The molecule has 1 aromatic rings. The minimum atomic E-state index is 0.306. The van der Waals surface area contributed by atoms with E-state index in [9.17, 15) is 4.79 Å². The Morgan fingerprint density at radius 2 is 1.61 bits per heavy atom. The molecule has 0 radical (unpaired) electrons. The molecule has 1 aromatic carbocycles. The highest BCUT2D eigenvalue weighted by atomic mass is 16.1. The number of ketones is 1. The lowest BCUT2D eigenvalue weighted by Gasteiger charge is -2.22. The summed E-state index contributed by atoms with van der Waals surface area (Å²) in [5, 5.41) is 0. The summed E-state index contributed by atoms with van der Waals surface area (Å²) in [6.07, 6.45) is 11.0. The monoisotopic (exact) mass is 242 g/mol. The third-order valence-corrected chi connectivity index (χ3v) is 4.61. The van der Waals surface area contributed by atoms with Gasteiger partial charge in [0, 0.05) is 11.5 Å². The summed E-state index contributed by atoms with van der Waals surface area (Å²) in [6, 6.07) is 6.46. The molecule has 18 heavy (non-hydrogen) atoms. The summed E-state index contributed by atoms with van der Waals surface area (Å²) >= 11 is 0. The highest BCUT2D eigenvalue weighted by Crippen LogP contribution is 2.29. The van der Waals surface area contributed by atoms with E-state index < -0.39 is 0 Å². The Balaban J connectivity index is 1.80. The third-order valence-electron chi connectivity index (χ3n) is 4.61. The molecule has 3 rings (SSSR count). The van der Waals surface area contributed by atoms with Crippen LogP contribution in [0.2, 0.25) is 0 Å². The van der Waals surface area contributed by atoms with Gasteiger partial charge < -0.3 is 0 Å². The molecule has 0 spiro atoms. The first kappa shape index (κ1) is 12.0. The van der Waals surface area contributed by atoms with Crippen molar-refractivity contribution in [3.8, 4) is 0 Å². The summed E-state index contributed by atoms with van der Waals surface area (Å²) in [4.78, 5) is 12.5. The molecular formula is C17H22O. The van der Waals surface area contributed by atoms with Crippen LogP contribution in [0.1, 0.15) is 66.4 Å². The van der Waals surface area contributed by atoms with E-state index in [1.807, 2.05) is 0 Å². The van der Waals surface area contributed by atoms with Crippen molar-refractivity contribution in [3.63, 3.8) is 0 Å². The van der Waals surface area contributed by atoms with Crippen molar-refractivity contribution < 1.29 is 4.79 Å². The van der Waals surface area contributed by atoms with Crippen molar-refractivity contribution in [2.24, 2.45) is 5.92 Å². The molecule has 1 nitrogen and oxygen atoms in total. The second-order valence-corrected chi connectivity index (χ2v) is 5.89. The number of rotatable bonds is 2. The van der Waals surface area contributed by atoms with Gasteiger partial charge in [0.05, 0.1) is 0 Å². The molecule has 1 fully saturated rings. The van der Waals surface area contributed by atoms with Gasteiger partial charge in [-0.3, -0.25) is 4.79 Å². The zero-order valence-corrected chi connectivity index (χ0v) is 11.1. The predicted molar refractivity (Wildman–Crippen MR) is 74.0 cm³/mol. The fourth-order valence-corrected chi connectivity index (χ4v) is 3.49. The number of carbonyl (C=O) groups excluding carboxylic acids is 1. The second kappa shape index (κ2) is 5.26. The smallest absolute Gasteiger partial charge is 0.165 e. The van der Waals surface area contributed by atoms with Crippen LogP contribution in [-0.4, -0.2) is 5.78 Å². The molecular weight excluding hydrogens is 220 g/mol. The zero-order valence-electron chi connectivity index (χ0n) is 11.1. The van der Waals surface area contributed by atoms with Gasteiger partial charge in [0.1, 0.15) is 0 Å². The fourth-order valence-electron chi connectivity index (χ4n) is 3.49. The predicted octanol–water partition coefficient (Wildman–Crippen LogP) is 4.33. The van der Waals surface area contributed by atoms with Crippen LogP contribution in [0.15, 0.2) is 18.2 Å². The van der Waals surface area contributed by atoms with Gasteiger partial charge in [0.15, 0.2) is 5.78 Å². The largest absolute Gasteiger partial charge is 0.294 e. The molecule has 1 saturated carbocycles. The van der Waals surface area contributed by atoms with E-state index in [2.05, 4.69) is 18.2 Å². The number of benzene rings is 1. The molecule has 0 unspecified atom stereocenters. The summed E-state index contributed by atoms with van der Waals surface area (Å²) < 4.78 is 0. The summed E-state index contributed by atoms with van der Waals surface area (Å²) in [6.45, 7) is 0. The normalized spacial score (nSPS) is 20.4. The molecule has 0 atom stereocenters. The van der Waals surface area contributed by atoms with E-state index in [-0.39, 0.29) is 0 Å². The van der Waals surface area contributed by atoms with E-state index in [0.29, 0.717) is 11.7 Å². The minimum absolute atomic E-state index is 0.306.